The van der Waals surface area contributed by atoms with E-state index in [-0.39, 0.29) is 12.8 Å². The summed E-state index contributed by atoms with van der Waals surface area (Å²) in [4.78, 5) is 0. The Labute approximate surface area is 159 Å². The number of nitrogens with two attached hydrogens (primary N) is 1. The van der Waals surface area contributed by atoms with E-state index in [1.165, 1.54) is 18.2 Å². The Morgan fingerprint density at radius 2 is 1.71 bits per heavy atom. The van der Waals surface area contributed by atoms with Crippen LogP contribution in [0.15, 0.2) is 42.5 Å². The lowest BCUT2D eigenvalue weighted by atomic mass is 10.00. The molecule has 152 valence electrons. The highest BCUT2D eigenvalue weighted by molar-refractivity contribution is 5.35. The summed E-state index contributed by atoms with van der Waals surface area (Å²) in [5, 5.41) is 13.3. The number of aliphatic hydroxyl groups is 1. The van der Waals surface area contributed by atoms with Gasteiger partial charge in [-0.3, -0.25) is 5.32 Å². The number of hydrogen-bond donors (Lipinski definition) is 3. The molecule has 0 spiro atoms. The zero-order valence-electron chi connectivity index (χ0n) is 14.9. The molecule has 1 saturated carbocycles. The van der Waals surface area contributed by atoms with Gasteiger partial charge in [0.25, 0.3) is 0 Å². The summed E-state index contributed by atoms with van der Waals surface area (Å²) in [6.07, 6.45) is -4.80. The molecule has 1 aliphatic carbocycles. The van der Waals surface area contributed by atoms with Crippen molar-refractivity contribution < 1.29 is 27.1 Å². The summed E-state index contributed by atoms with van der Waals surface area (Å²) < 4.78 is 65.3. The molecule has 0 bridgehead atoms. The van der Waals surface area contributed by atoms with Gasteiger partial charge in [-0.1, -0.05) is 12.1 Å². The quantitative estimate of drug-likeness (QED) is 0.489. The molecule has 8 heteroatoms. The Morgan fingerprint density at radius 1 is 1.07 bits per heavy atom. The third-order valence-corrected chi connectivity index (χ3v) is 5.00. The van der Waals surface area contributed by atoms with E-state index in [4.69, 9.17) is 5.73 Å². The fourth-order valence-electron chi connectivity index (χ4n) is 3.30. The SMILES string of the molecule is NC(NC1(c2cccc(C(F)(F)F)c2)CC1)C(O)CCc1cc(F)cc(F)c1. The minimum Gasteiger partial charge on any atom is -0.390 e. The summed E-state index contributed by atoms with van der Waals surface area (Å²) in [5.74, 6) is -1.40. The molecule has 4 N–H and O–H groups in total. The van der Waals surface area contributed by atoms with Crippen LogP contribution in [0.5, 0.6) is 0 Å². The minimum atomic E-state index is -4.44. The molecular formula is C20H21F5N2O. The maximum Gasteiger partial charge on any atom is 0.416 e. The van der Waals surface area contributed by atoms with Crippen molar-refractivity contribution in [3.8, 4) is 0 Å². The second kappa shape index (κ2) is 7.77. The van der Waals surface area contributed by atoms with Gasteiger partial charge in [-0.25, -0.2) is 8.78 Å². The molecule has 0 aliphatic heterocycles. The second-order valence-electron chi connectivity index (χ2n) is 7.21. The lowest BCUT2D eigenvalue weighted by molar-refractivity contribution is -0.137. The van der Waals surface area contributed by atoms with Crippen LogP contribution < -0.4 is 11.1 Å². The molecule has 2 atom stereocenters. The van der Waals surface area contributed by atoms with E-state index in [0.29, 0.717) is 24.0 Å². The highest BCUT2D eigenvalue weighted by atomic mass is 19.4. The van der Waals surface area contributed by atoms with E-state index in [0.717, 1.165) is 18.2 Å². The second-order valence-corrected chi connectivity index (χ2v) is 7.21. The molecule has 0 amide bonds. The van der Waals surface area contributed by atoms with Crippen LogP contribution in [0.25, 0.3) is 0 Å². The van der Waals surface area contributed by atoms with Crippen LogP contribution in [-0.2, 0) is 18.1 Å². The average Bonchev–Trinajstić information content (AvgIpc) is 3.39. The number of nitrogens with one attached hydrogen (secondary N) is 1. The van der Waals surface area contributed by atoms with Crippen LogP contribution in [0, 0.1) is 11.6 Å². The van der Waals surface area contributed by atoms with Crippen LogP contribution in [0.1, 0.15) is 36.0 Å². The van der Waals surface area contributed by atoms with Crippen molar-refractivity contribution in [1.82, 2.24) is 5.32 Å². The van der Waals surface area contributed by atoms with Crippen molar-refractivity contribution in [3.05, 3.63) is 70.8 Å². The van der Waals surface area contributed by atoms with Crippen molar-refractivity contribution in [3.63, 3.8) is 0 Å². The van der Waals surface area contributed by atoms with Crippen LogP contribution in [-0.4, -0.2) is 17.4 Å². The number of alkyl halides is 3. The number of halogens is 5. The molecule has 2 aromatic carbocycles. The number of aliphatic hydroxyl groups excluding tert-OH is 1. The molecule has 3 rings (SSSR count). The molecule has 2 aromatic rings. The van der Waals surface area contributed by atoms with Crippen LogP contribution in [0.2, 0.25) is 0 Å². The third-order valence-electron chi connectivity index (χ3n) is 5.00. The summed E-state index contributed by atoms with van der Waals surface area (Å²) in [5.41, 5.74) is 5.42. The third kappa shape index (κ3) is 4.87. The Morgan fingerprint density at radius 3 is 2.29 bits per heavy atom. The first-order valence-electron chi connectivity index (χ1n) is 8.93. The van der Waals surface area contributed by atoms with E-state index in [2.05, 4.69) is 5.32 Å². The molecule has 0 saturated heterocycles. The van der Waals surface area contributed by atoms with E-state index in [9.17, 15) is 27.1 Å². The predicted molar refractivity (Wildman–Crippen MR) is 94.2 cm³/mol. The predicted octanol–water partition coefficient (Wildman–Crippen LogP) is 3.84. The maximum atomic E-state index is 13.2. The molecule has 1 aliphatic rings. The first-order chi connectivity index (χ1) is 13.1. The van der Waals surface area contributed by atoms with Gasteiger partial charge >= 0.3 is 6.18 Å². The van der Waals surface area contributed by atoms with Gasteiger partial charge in [-0.05, 0) is 61.1 Å². The van der Waals surface area contributed by atoms with Crippen molar-refractivity contribution in [1.29, 1.82) is 0 Å². The Balaban J connectivity index is 1.63. The summed E-state index contributed by atoms with van der Waals surface area (Å²) >= 11 is 0. The van der Waals surface area contributed by atoms with Gasteiger partial charge < -0.3 is 10.8 Å². The first kappa shape index (κ1) is 20.7. The maximum absolute atomic E-state index is 13.2. The number of rotatable bonds is 7. The fraction of sp³-hybridized carbons (Fsp3) is 0.400. The molecule has 28 heavy (non-hydrogen) atoms. The van der Waals surface area contributed by atoms with Crippen LogP contribution >= 0.6 is 0 Å². The molecular weight excluding hydrogens is 379 g/mol. The lowest BCUT2D eigenvalue weighted by Crippen LogP contribution is -2.51. The summed E-state index contributed by atoms with van der Waals surface area (Å²) in [6.45, 7) is 0. The zero-order chi connectivity index (χ0) is 20.5. The van der Waals surface area contributed by atoms with Crippen LogP contribution in [0.3, 0.4) is 0 Å². The summed E-state index contributed by atoms with van der Waals surface area (Å²) in [7, 11) is 0. The highest BCUT2D eigenvalue weighted by Gasteiger charge is 2.46. The number of aryl methyl sites for hydroxylation is 1. The molecule has 2 unspecified atom stereocenters. The largest absolute Gasteiger partial charge is 0.416 e. The van der Waals surface area contributed by atoms with Crippen molar-refractivity contribution >= 4 is 0 Å². The van der Waals surface area contributed by atoms with Gasteiger partial charge in [-0.2, -0.15) is 13.2 Å². The lowest BCUT2D eigenvalue weighted by Gasteiger charge is -2.27. The van der Waals surface area contributed by atoms with Crippen molar-refractivity contribution in [2.45, 2.75) is 49.7 Å². The number of benzene rings is 2. The molecule has 0 aromatic heterocycles. The van der Waals surface area contributed by atoms with Gasteiger partial charge in [-0.15, -0.1) is 0 Å². The smallest absolute Gasteiger partial charge is 0.390 e. The van der Waals surface area contributed by atoms with Gasteiger partial charge in [0.15, 0.2) is 0 Å². The Hall–Kier alpha value is -2.03. The van der Waals surface area contributed by atoms with Gasteiger partial charge in [0.1, 0.15) is 11.6 Å². The summed E-state index contributed by atoms with van der Waals surface area (Å²) in [6, 6.07) is 8.17. The van der Waals surface area contributed by atoms with E-state index >= 15 is 0 Å². The van der Waals surface area contributed by atoms with Crippen LogP contribution in [0.4, 0.5) is 22.0 Å². The van der Waals surface area contributed by atoms with E-state index < -0.39 is 41.2 Å². The molecule has 1 fully saturated rings. The standard InChI is InChI=1S/C20H21F5N2O/c21-15-8-12(9-16(22)11-15)4-5-17(28)18(26)27-19(6-7-19)13-2-1-3-14(10-13)20(23,24)25/h1-3,8-11,17-18,27-28H,4-7,26H2. The topological polar surface area (TPSA) is 58.3 Å². The van der Waals surface area contributed by atoms with Gasteiger partial charge in [0.2, 0.25) is 0 Å². The average molecular weight is 400 g/mol. The molecule has 0 radical (unpaired) electrons. The van der Waals surface area contributed by atoms with Crippen molar-refractivity contribution in [2.75, 3.05) is 0 Å². The highest BCUT2D eigenvalue weighted by Crippen LogP contribution is 2.47. The Bertz CT molecular complexity index is 815. The Kier molecular flexibility index (Phi) is 5.74. The minimum absolute atomic E-state index is 0.149. The number of hydrogen-bond acceptors (Lipinski definition) is 3. The van der Waals surface area contributed by atoms with E-state index in [1.807, 2.05) is 0 Å². The molecule has 0 heterocycles. The van der Waals surface area contributed by atoms with Crippen molar-refractivity contribution in [2.24, 2.45) is 5.73 Å². The van der Waals surface area contributed by atoms with Gasteiger partial charge in [0.05, 0.1) is 17.8 Å². The zero-order valence-corrected chi connectivity index (χ0v) is 14.9. The van der Waals surface area contributed by atoms with Gasteiger partial charge in [0, 0.05) is 11.6 Å². The fourth-order valence-corrected chi connectivity index (χ4v) is 3.30. The van der Waals surface area contributed by atoms with E-state index in [1.54, 1.807) is 6.07 Å². The monoisotopic (exact) mass is 400 g/mol. The first-order valence-corrected chi connectivity index (χ1v) is 8.93. The molecule has 3 nitrogen and oxygen atoms in total. The normalized spacial score (nSPS) is 18.0.